The first-order valence-corrected chi connectivity index (χ1v) is 6.80. The van der Waals surface area contributed by atoms with E-state index >= 15 is 0 Å². The first-order chi connectivity index (χ1) is 8.34. The highest BCUT2D eigenvalue weighted by molar-refractivity contribution is 9.10. The van der Waals surface area contributed by atoms with E-state index in [-0.39, 0.29) is 0 Å². The Morgan fingerprint density at radius 3 is 2.82 bits per heavy atom. The monoisotopic (exact) mass is 294 g/mol. The quantitative estimate of drug-likeness (QED) is 0.871. The Morgan fingerprint density at radius 2 is 2.00 bits per heavy atom. The number of rotatable bonds is 3. The minimum absolute atomic E-state index is 0.959. The molecule has 4 nitrogen and oxygen atoms in total. The van der Waals surface area contributed by atoms with Crippen LogP contribution in [0.1, 0.15) is 12.8 Å². The summed E-state index contributed by atoms with van der Waals surface area (Å²) in [5, 5.41) is 0. The molecule has 1 saturated heterocycles. The van der Waals surface area contributed by atoms with Crippen molar-refractivity contribution in [3.8, 4) is 0 Å². The molecule has 3 heterocycles. The van der Waals surface area contributed by atoms with Gasteiger partial charge in [0.25, 0.3) is 0 Å². The zero-order valence-corrected chi connectivity index (χ0v) is 11.2. The molecule has 17 heavy (non-hydrogen) atoms. The zero-order chi connectivity index (χ0) is 11.7. The van der Waals surface area contributed by atoms with Crippen molar-refractivity contribution >= 4 is 27.0 Å². The van der Waals surface area contributed by atoms with E-state index in [1.165, 1.54) is 25.9 Å². The lowest BCUT2D eigenvalue weighted by atomic mass is 10.4. The highest BCUT2D eigenvalue weighted by Crippen LogP contribution is 2.21. The first-order valence-electron chi connectivity index (χ1n) is 6.01. The van der Waals surface area contributed by atoms with Crippen molar-refractivity contribution in [3.05, 3.63) is 23.2 Å². The third-order valence-electron chi connectivity index (χ3n) is 3.33. The summed E-state index contributed by atoms with van der Waals surface area (Å²) >= 11 is 3.54. The van der Waals surface area contributed by atoms with E-state index in [0.717, 1.165) is 28.6 Å². The summed E-state index contributed by atoms with van der Waals surface area (Å²) < 4.78 is 3.23. The van der Waals surface area contributed by atoms with Gasteiger partial charge in [0.15, 0.2) is 0 Å². The Morgan fingerprint density at radius 1 is 1.18 bits per heavy atom. The molecule has 0 aromatic carbocycles. The van der Waals surface area contributed by atoms with Gasteiger partial charge in [-0.3, -0.25) is 4.98 Å². The fourth-order valence-electron chi connectivity index (χ4n) is 2.41. The fraction of sp³-hybridized carbons (Fsp3) is 0.500. The van der Waals surface area contributed by atoms with Gasteiger partial charge in [0.1, 0.15) is 5.52 Å². The maximum absolute atomic E-state index is 4.38. The molecule has 0 atom stereocenters. The lowest BCUT2D eigenvalue weighted by Gasteiger charge is -2.15. The summed E-state index contributed by atoms with van der Waals surface area (Å²) in [7, 11) is 0. The molecule has 0 radical (unpaired) electrons. The molecule has 5 heteroatoms. The molecule has 0 N–H and O–H groups in total. The summed E-state index contributed by atoms with van der Waals surface area (Å²) in [6.07, 6.45) is 8.24. The number of fused-ring (bicyclic) bond motifs is 1. The van der Waals surface area contributed by atoms with Crippen LogP contribution in [0.4, 0.5) is 0 Å². The summed E-state index contributed by atoms with van der Waals surface area (Å²) in [5.74, 6) is 0. The number of hydrogen-bond acceptors (Lipinski definition) is 3. The van der Waals surface area contributed by atoms with Crippen LogP contribution in [-0.4, -0.2) is 39.1 Å². The number of nitrogens with zero attached hydrogens (tertiary/aromatic N) is 4. The van der Waals surface area contributed by atoms with Gasteiger partial charge in [-0.1, -0.05) is 0 Å². The fourth-order valence-corrected chi connectivity index (χ4v) is 2.96. The summed E-state index contributed by atoms with van der Waals surface area (Å²) in [5.41, 5.74) is 2.11. The smallest absolute Gasteiger partial charge is 0.108 e. The van der Waals surface area contributed by atoms with E-state index in [2.05, 4.69) is 35.4 Å². The van der Waals surface area contributed by atoms with Gasteiger partial charge in [-0.15, -0.1) is 0 Å². The number of halogens is 1. The second-order valence-corrected chi connectivity index (χ2v) is 5.33. The molecule has 3 rings (SSSR count). The lowest BCUT2D eigenvalue weighted by molar-refractivity contribution is 0.324. The molecule has 1 aliphatic heterocycles. The molecule has 0 spiro atoms. The Hall–Kier alpha value is -0.940. The number of likely N-dealkylation sites (tertiary alicyclic amines) is 1. The summed E-state index contributed by atoms with van der Waals surface area (Å²) in [6.45, 7) is 4.60. The van der Waals surface area contributed by atoms with Crippen molar-refractivity contribution in [2.24, 2.45) is 0 Å². The number of hydrogen-bond donors (Lipinski definition) is 0. The highest BCUT2D eigenvalue weighted by atomic mass is 79.9. The molecule has 0 bridgehead atoms. The van der Waals surface area contributed by atoms with Crippen LogP contribution in [-0.2, 0) is 6.54 Å². The van der Waals surface area contributed by atoms with Gasteiger partial charge in [0.05, 0.1) is 22.5 Å². The van der Waals surface area contributed by atoms with Crippen LogP contribution in [0.25, 0.3) is 11.0 Å². The Kier molecular flexibility index (Phi) is 3.11. The van der Waals surface area contributed by atoms with Crippen LogP contribution in [0.5, 0.6) is 0 Å². The SMILES string of the molecule is Brc1cncc2ncn(CCN3CCCC3)c12. The third kappa shape index (κ3) is 2.21. The second-order valence-electron chi connectivity index (χ2n) is 4.48. The first kappa shape index (κ1) is 11.2. The largest absolute Gasteiger partial charge is 0.328 e. The molecule has 2 aromatic heterocycles. The van der Waals surface area contributed by atoms with E-state index in [0.29, 0.717) is 0 Å². The summed E-state index contributed by atoms with van der Waals surface area (Å²) in [4.78, 5) is 11.0. The standard InChI is InChI=1S/C12H15BrN4/c13-10-7-14-8-11-12(10)17(9-15-11)6-5-16-3-1-2-4-16/h7-9H,1-6H2. The maximum Gasteiger partial charge on any atom is 0.108 e. The Labute approximate surface area is 109 Å². The van der Waals surface area contributed by atoms with Crippen molar-refractivity contribution in [2.45, 2.75) is 19.4 Å². The zero-order valence-electron chi connectivity index (χ0n) is 9.64. The van der Waals surface area contributed by atoms with E-state index < -0.39 is 0 Å². The minimum atomic E-state index is 0.959. The van der Waals surface area contributed by atoms with Gasteiger partial charge in [0.2, 0.25) is 0 Å². The van der Waals surface area contributed by atoms with E-state index in [1.54, 1.807) is 0 Å². The predicted molar refractivity (Wildman–Crippen MR) is 70.9 cm³/mol. The van der Waals surface area contributed by atoms with E-state index in [4.69, 9.17) is 0 Å². The predicted octanol–water partition coefficient (Wildman–Crippen LogP) is 2.29. The molecule has 2 aromatic rings. The van der Waals surface area contributed by atoms with Crippen molar-refractivity contribution in [3.63, 3.8) is 0 Å². The van der Waals surface area contributed by atoms with E-state index in [9.17, 15) is 0 Å². The van der Waals surface area contributed by atoms with Crippen LogP contribution in [0.3, 0.4) is 0 Å². The number of pyridine rings is 1. The van der Waals surface area contributed by atoms with Crippen LogP contribution in [0.15, 0.2) is 23.2 Å². The average Bonchev–Trinajstić information content (AvgIpc) is 2.95. The van der Waals surface area contributed by atoms with E-state index in [1.807, 2.05) is 18.7 Å². The summed E-state index contributed by atoms with van der Waals surface area (Å²) in [6, 6.07) is 0. The van der Waals surface area contributed by atoms with Gasteiger partial charge in [-0.25, -0.2) is 4.98 Å². The number of imidazole rings is 1. The molecular formula is C12H15BrN4. The van der Waals surface area contributed by atoms with Gasteiger partial charge in [0, 0.05) is 19.3 Å². The molecule has 90 valence electrons. The van der Waals surface area contributed by atoms with Gasteiger partial charge in [-0.05, 0) is 41.9 Å². The number of aromatic nitrogens is 3. The van der Waals surface area contributed by atoms with Crippen LogP contribution in [0.2, 0.25) is 0 Å². The normalized spacial score (nSPS) is 17.0. The Balaban J connectivity index is 1.80. The molecule has 0 amide bonds. The molecule has 0 saturated carbocycles. The third-order valence-corrected chi connectivity index (χ3v) is 3.91. The Bertz CT molecular complexity index is 516. The van der Waals surface area contributed by atoms with Crippen LogP contribution in [0, 0.1) is 0 Å². The molecule has 1 aliphatic rings. The lowest BCUT2D eigenvalue weighted by Crippen LogP contribution is -2.23. The van der Waals surface area contributed by atoms with Crippen molar-refractivity contribution in [1.82, 2.24) is 19.4 Å². The second kappa shape index (κ2) is 4.74. The van der Waals surface area contributed by atoms with Crippen molar-refractivity contribution in [1.29, 1.82) is 0 Å². The molecule has 0 aliphatic carbocycles. The topological polar surface area (TPSA) is 34.0 Å². The highest BCUT2D eigenvalue weighted by Gasteiger charge is 2.12. The average molecular weight is 295 g/mol. The minimum Gasteiger partial charge on any atom is -0.328 e. The molecular weight excluding hydrogens is 280 g/mol. The van der Waals surface area contributed by atoms with Crippen LogP contribution >= 0.6 is 15.9 Å². The van der Waals surface area contributed by atoms with Crippen LogP contribution < -0.4 is 0 Å². The van der Waals surface area contributed by atoms with Gasteiger partial charge < -0.3 is 9.47 Å². The molecule has 0 unspecified atom stereocenters. The van der Waals surface area contributed by atoms with Crippen molar-refractivity contribution < 1.29 is 0 Å². The van der Waals surface area contributed by atoms with Gasteiger partial charge >= 0.3 is 0 Å². The molecule has 1 fully saturated rings. The van der Waals surface area contributed by atoms with Gasteiger partial charge in [-0.2, -0.15) is 0 Å². The maximum atomic E-state index is 4.38. The van der Waals surface area contributed by atoms with Crippen molar-refractivity contribution in [2.75, 3.05) is 19.6 Å².